The molecule has 5 saturated carbocycles. The van der Waals surface area contributed by atoms with Crippen LogP contribution in [0.1, 0.15) is 38.5 Å². The van der Waals surface area contributed by atoms with E-state index in [0.29, 0.717) is 12.5 Å². The molecule has 8 atom stereocenters. The predicted octanol–water partition coefficient (Wildman–Crippen LogP) is 1.89. The van der Waals surface area contributed by atoms with Crippen molar-refractivity contribution in [2.24, 2.45) is 29.6 Å². The molecule has 7 rings (SSSR count). The Kier molecular flexibility index (Phi) is 4.01. The van der Waals surface area contributed by atoms with Gasteiger partial charge in [-0.2, -0.15) is 4.31 Å². The summed E-state index contributed by atoms with van der Waals surface area (Å²) in [6.45, 7) is 0.320. The number of nitrogens with zero attached hydrogens (tertiary/aromatic N) is 1. The van der Waals surface area contributed by atoms with Gasteiger partial charge in [-0.05, 0) is 86.3 Å². The Morgan fingerprint density at radius 3 is 2.53 bits per heavy atom. The zero-order valence-corrected chi connectivity index (χ0v) is 17.5. The number of hydrogen-bond donors (Lipinski definition) is 2. The maximum atomic E-state index is 13.6. The van der Waals surface area contributed by atoms with Gasteiger partial charge in [0.05, 0.1) is 10.5 Å². The number of halogens is 1. The molecule has 1 heterocycles. The first-order valence-electron chi connectivity index (χ1n) is 11.0. The van der Waals surface area contributed by atoms with Crippen molar-refractivity contribution in [1.29, 1.82) is 0 Å². The number of amides is 1. The first-order valence-corrected chi connectivity index (χ1v) is 12.5. The van der Waals surface area contributed by atoms with Crippen molar-refractivity contribution in [3.8, 4) is 0 Å². The highest BCUT2D eigenvalue weighted by molar-refractivity contribution is 7.89. The number of carbonyl (C=O) groups excluding carboxylic acids is 1. The standard InChI is InChI=1S/C22H27FN2O4S/c23-16-2-1-3-17(7-16)30(28,29)25-11-15-6-18(15)20(25)21(26)24-19-13-4-12-5-14(19)10-22(27,8-12)9-13/h1-3,7,12-15,18-20,27H,4-6,8-11H2,(H,24,26)/t12?,13-,14+,15?,18?,19?,20?,22?. The maximum Gasteiger partial charge on any atom is 0.243 e. The number of aliphatic hydroxyl groups is 1. The van der Waals surface area contributed by atoms with E-state index in [-0.39, 0.29) is 40.5 Å². The Bertz CT molecular complexity index is 998. The topological polar surface area (TPSA) is 86.7 Å². The van der Waals surface area contributed by atoms with E-state index in [2.05, 4.69) is 5.32 Å². The van der Waals surface area contributed by atoms with E-state index < -0.39 is 27.5 Å². The normalized spacial score (nSPS) is 44.1. The lowest BCUT2D eigenvalue weighted by Crippen LogP contribution is -2.63. The Balaban J connectivity index is 1.24. The molecule has 6 aliphatic rings. The largest absolute Gasteiger partial charge is 0.390 e. The lowest BCUT2D eigenvalue weighted by atomic mass is 9.52. The van der Waals surface area contributed by atoms with Crippen LogP contribution in [0.15, 0.2) is 29.2 Å². The van der Waals surface area contributed by atoms with Crippen molar-refractivity contribution >= 4 is 15.9 Å². The molecule has 0 radical (unpaired) electrons. The third-order valence-corrected chi connectivity index (χ3v) is 10.2. The highest BCUT2D eigenvalue weighted by Gasteiger charge is 2.60. The molecule has 0 aromatic heterocycles. The van der Waals surface area contributed by atoms with Crippen LogP contribution in [0.3, 0.4) is 0 Å². The zero-order chi connectivity index (χ0) is 20.8. The van der Waals surface area contributed by atoms with Gasteiger partial charge < -0.3 is 10.4 Å². The number of nitrogens with one attached hydrogen (secondary N) is 1. The molecule has 1 aromatic carbocycles. The van der Waals surface area contributed by atoms with Crippen LogP contribution in [0.4, 0.5) is 4.39 Å². The molecule has 1 saturated heterocycles. The van der Waals surface area contributed by atoms with Gasteiger partial charge in [0.1, 0.15) is 11.9 Å². The van der Waals surface area contributed by atoms with E-state index >= 15 is 0 Å². The number of rotatable bonds is 4. The molecule has 4 bridgehead atoms. The summed E-state index contributed by atoms with van der Waals surface area (Å²) in [6.07, 6.45) is 5.27. The Hall–Kier alpha value is -1.51. The van der Waals surface area contributed by atoms with Crippen LogP contribution < -0.4 is 5.32 Å². The minimum Gasteiger partial charge on any atom is -0.390 e. The van der Waals surface area contributed by atoms with Gasteiger partial charge in [0.25, 0.3) is 0 Å². The molecule has 30 heavy (non-hydrogen) atoms. The zero-order valence-electron chi connectivity index (χ0n) is 16.7. The van der Waals surface area contributed by atoms with Crippen LogP contribution >= 0.6 is 0 Å². The van der Waals surface area contributed by atoms with Crippen LogP contribution in [0, 0.1) is 35.4 Å². The smallest absolute Gasteiger partial charge is 0.243 e. The molecule has 0 spiro atoms. The molecule has 1 aliphatic heterocycles. The van der Waals surface area contributed by atoms with Crippen LogP contribution in [0.25, 0.3) is 0 Å². The summed E-state index contributed by atoms with van der Waals surface area (Å²) < 4.78 is 41.3. The molecular weight excluding hydrogens is 407 g/mol. The van der Waals surface area contributed by atoms with Crippen molar-refractivity contribution in [3.63, 3.8) is 0 Å². The first kappa shape index (κ1) is 19.2. The van der Waals surface area contributed by atoms with E-state index in [4.69, 9.17) is 0 Å². The summed E-state index contributed by atoms with van der Waals surface area (Å²) in [4.78, 5) is 13.3. The number of carbonyl (C=O) groups is 1. The summed E-state index contributed by atoms with van der Waals surface area (Å²) in [7, 11) is -3.94. The van der Waals surface area contributed by atoms with Gasteiger partial charge in [0.15, 0.2) is 0 Å². The van der Waals surface area contributed by atoms with Crippen molar-refractivity contribution in [2.75, 3.05) is 6.54 Å². The highest BCUT2D eigenvalue weighted by Crippen LogP contribution is 2.56. The molecule has 1 aromatic rings. The number of piperidine rings is 1. The van der Waals surface area contributed by atoms with Gasteiger partial charge in [-0.25, -0.2) is 12.8 Å². The Morgan fingerprint density at radius 1 is 1.13 bits per heavy atom. The second-order valence-electron chi connectivity index (χ2n) is 10.4. The number of fused-ring (bicyclic) bond motifs is 1. The van der Waals surface area contributed by atoms with Gasteiger partial charge in [-0.15, -0.1) is 0 Å². The number of benzene rings is 1. The number of sulfonamides is 1. The molecular formula is C22H27FN2O4S. The molecule has 162 valence electrons. The van der Waals surface area contributed by atoms with Crippen LogP contribution in [0.2, 0.25) is 0 Å². The Labute approximate surface area is 175 Å². The minimum atomic E-state index is -3.94. The molecule has 8 heteroatoms. The van der Waals surface area contributed by atoms with Gasteiger partial charge >= 0.3 is 0 Å². The van der Waals surface area contributed by atoms with Crippen LogP contribution in [0.5, 0.6) is 0 Å². The third kappa shape index (κ3) is 2.87. The van der Waals surface area contributed by atoms with E-state index in [1.54, 1.807) is 0 Å². The van der Waals surface area contributed by atoms with Gasteiger partial charge in [-0.1, -0.05) is 6.07 Å². The second-order valence-corrected chi connectivity index (χ2v) is 12.3. The van der Waals surface area contributed by atoms with Crippen LogP contribution in [-0.4, -0.2) is 48.0 Å². The SMILES string of the molecule is O=C(NC1[C@@H]2CC3C[C@H]1CC(O)(C3)C2)C1C2CC2CN1S(=O)(=O)c1cccc(F)c1. The average Bonchev–Trinajstić information content (AvgIpc) is 3.32. The predicted molar refractivity (Wildman–Crippen MR) is 106 cm³/mol. The second kappa shape index (κ2) is 6.26. The van der Waals surface area contributed by atoms with Gasteiger partial charge in [0.2, 0.25) is 15.9 Å². The molecule has 6 nitrogen and oxygen atoms in total. The monoisotopic (exact) mass is 434 g/mol. The quantitative estimate of drug-likeness (QED) is 0.758. The van der Waals surface area contributed by atoms with Crippen molar-refractivity contribution < 1.29 is 22.7 Å². The lowest BCUT2D eigenvalue weighted by Gasteiger charge is -2.58. The van der Waals surface area contributed by atoms with Crippen LogP contribution in [-0.2, 0) is 14.8 Å². The summed E-state index contributed by atoms with van der Waals surface area (Å²) >= 11 is 0. The molecule has 6 fully saturated rings. The van der Waals surface area contributed by atoms with Gasteiger partial charge in [0, 0.05) is 12.6 Å². The van der Waals surface area contributed by atoms with E-state index in [1.807, 2.05) is 0 Å². The highest BCUT2D eigenvalue weighted by atomic mass is 32.2. The fraction of sp³-hybridized carbons (Fsp3) is 0.682. The lowest BCUT2D eigenvalue weighted by molar-refractivity contribution is -0.148. The van der Waals surface area contributed by atoms with Crippen molar-refractivity contribution in [1.82, 2.24) is 9.62 Å². The maximum absolute atomic E-state index is 13.6. The summed E-state index contributed by atoms with van der Waals surface area (Å²) in [6, 6.07) is 4.30. The fourth-order valence-electron chi connectivity index (χ4n) is 7.23. The molecule has 6 unspecified atom stereocenters. The van der Waals surface area contributed by atoms with Gasteiger partial charge in [-0.3, -0.25) is 4.79 Å². The summed E-state index contributed by atoms with van der Waals surface area (Å²) in [5.74, 6) is 0.532. The summed E-state index contributed by atoms with van der Waals surface area (Å²) in [5, 5.41) is 14.0. The fourth-order valence-corrected chi connectivity index (χ4v) is 8.95. The summed E-state index contributed by atoms with van der Waals surface area (Å²) in [5.41, 5.74) is -0.570. The number of hydrogen-bond acceptors (Lipinski definition) is 4. The molecule has 1 amide bonds. The van der Waals surface area contributed by atoms with E-state index in [9.17, 15) is 22.7 Å². The third-order valence-electron chi connectivity index (χ3n) is 8.33. The van der Waals surface area contributed by atoms with E-state index in [1.165, 1.54) is 22.5 Å². The van der Waals surface area contributed by atoms with Crippen molar-refractivity contribution in [2.45, 2.75) is 61.1 Å². The molecule has 5 aliphatic carbocycles. The van der Waals surface area contributed by atoms with E-state index in [0.717, 1.165) is 44.6 Å². The minimum absolute atomic E-state index is 0.0193. The molecule has 2 N–H and O–H groups in total. The first-order chi connectivity index (χ1) is 14.2. The average molecular weight is 435 g/mol. The van der Waals surface area contributed by atoms with Crippen molar-refractivity contribution in [3.05, 3.63) is 30.1 Å². The Morgan fingerprint density at radius 2 is 1.87 bits per heavy atom.